The van der Waals surface area contributed by atoms with Crippen LogP contribution in [0.15, 0.2) is 24.3 Å². The SMILES string of the molecule is CN(C)c1ccc(C(=O)N2CCN(C(=O)C3CCNCC3)[C@H](C(=O)N[C@@H](CC3CCCCC3)C(N)=O)C2)cc1. The van der Waals surface area contributed by atoms with Gasteiger partial charge in [0.25, 0.3) is 5.91 Å². The molecule has 2 aliphatic heterocycles. The molecule has 10 heteroatoms. The standard InChI is InChI=1S/C29H44N6O4/c1-33(2)23-10-8-21(9-11-23)28(38)34-16-17-35(29(39)22-12-14-31-15-13-22)25(19-34)27(37)32-24(26(30)36)18-20-6-4-3-5-7-20/h8-11,20,22,24-25,31H,3-7,12-19H2,1-2H3,(H2,30,36)(H,32,37)/t24-,25-/m0/s1. The van der Waals surface area contributed by atoms with Crippen molar-refractivity contribution in [2.45, 2.75) is 63.5 Å². The van der Waals surface area contributed by atoms with Crippen molar-refractivity contribution in [2.24, 2.45) is 17.6 Å². The second-order valence-corrected chi connectivity index (χ2v) is 11.5. The van der Waals surface area contributed by atoms with Crippen LogP contribution in [-0.4, -0.2) is 92.3 Å². The van der Waals surface area contributed by atoms with Crippen molar-refractivity contribution in [3.8, 4) is 0 Å². The molecule has 0 spiro atoms. The van der Waals surface area contributed by atoms with Crippen LogP contribution < -0.4 is 21.3 Å². The lowest BCUT2D eigenvalue weighted by Gasteiger charge is -2.42. The molecule has 2 saturated heterocycles. The number of benzene rings is 1. The fraction of sp³-hybridized carbons (Fsp3) is 0.655. The van der Waals surface area contributed by atoms with Crippen molar-refractivity contribution < 1.29 is 19.2 Å². The number of nitrogens with zero attached hydrogens (tertiary/aromatic N) is 3. The van der Waals surface area contributed by atoms with Crippen molar-refractivity contribution in [2.75, 3.05) is 51.7 Å². The summed E-state index contributed by atoms with van der Waals surface area (Å²) >= 11 is 0. The molecule has 0 bridgehead atoms. The van der Waals surface area contributed by atoms with Crippen molar-refractivity contribution in [1.82, 2.24) is 20.4 Å². The zero-order valence-electron chi connectivity index (χ0n) is 23.4. The molecule has 1 aromatic rings. The van der Waals surface area contributed by atoms with Crippen LogP contribution in [0.1, 0.15) is 61.7 Å². The lowest BCUT2D eigenvalue weighted by atomic mass is 9.84. The third-order valence-corrected chi connectivity index (χ3v) is 8.53. The summed E-state index contributed by atoms with van der Waals surface area (Å²) in [4.78, 5) is 58.3. The topological polar surface area (TPSA) is 128 Å². The van der Waals surface area contributed by atoms with Gasteiger partial charge in [-0.25, -0.2) is 0 Å². The van der Waals surface area contributed by atoms with Crippen molar-refractivity contribution in [1.29, 1.82) is 0 Å². The maximum Gasteiger partial charge on any atom is 0.254 e. The Kier molecular flexibility index (Phi) is 9.83. The van der Waals surface area contributed by atoms with Gasteiger partial charge < -0.3 is 31.1 Å². The van der Waals surface area contributed by atoms with Crippen LogP contribution in [0.25, 0.3) is 0 Å². The van der Waals surface area contributed by atoms with Crippen LogP contribution in [-0.2, 0) is 14.4 Å². The highest BCUT2D eigenvalue weighted by atomic mass is 16.2. The Morgan fingerprint density at radius 1 is 1.00 bits per heavy atom. The molecule has 4 N–H and O–H groups in total. The third-order valence-electron chi connectivity index (χ3n) is 8.53. The summed E-state index contributed by atoms with van der Waals surface area (Å²) in [5, 5.41) is 6.15. The Bertz CT molecular complexity index is 1020. The fourth-order valence-corrected chi connectivity index (χ4v) is 6.11. The average Bonchev–Trinajstić information content (AvgIpc) is 2.96. The first-order valence-corrected chi connectivity index (χ1v) is 14.4. The van der Waals surface area contributed by atoms with E-state index in [1.807, 2.05) is 31.1 Å². The molecular weight excluding hydrogens is 496 g/mol. The van der Waals surface area contributed by atoms with Gasteiger partial charge in [-0.05, 0) is 62.5 Å². The number of primary amides is 1. The molecule has 4 rings (SSSR count). The number of hydrogen-bond donors (Lipinski definition) is 3. The first kappa shape index (κ1) is 28.9. The predicted octanol–water partition coefficient (Wildman–Crippen LogP) is 1.35. The molecule has 3 aliphatic rings. The number of anilines is 1. The van der Waals surface area contributed by atoms with Gasteiger partial charge in [0.2, 0.25) is 17.7 Å². The third kappa shape index (κ3) is 7.29. The number of nitrogens with one attached hydrogen (secondary N) is 2. The minimum absolute atomic E-state index is 0.0537. The van der Waals surface area contributed by atoms with E-state index < -0.39 is 23.9 Å². The van der Waals surface area contributed by atoms with Crippen LogP contribution >= 0.6 is 0 Å². The molecule has 2 heterocycles. The zero-order valence-corrected chi connectivity index (χ0v) is 23.4. The second kappa shape index (κ2) is 13.3. The number of rotatable bonds is 8. The van der Waals surface area contributed by atoms with Gasteiger partial charge in [-0.3, -0.25) is 19.2 Å². The number of nitrogens with two attached hydrogens (primary N) is 1. The van der Waals surface area contributed by atoms with Crippen LogP contribution in [0.3, 0.4) is 0 Å². The number of carbonyl (C=O) groups excluding carboxylic acids is 4. The molecule has 39 heavy (non-hydrogen) atoms. The lowest BCUT2D eigenvalue weighted by molar-refractivity contribution is -0.147. The summed E-state index contributed by atoms with van der Waals surface area (Å²) < 4.78 is 0. The van der Waals surface area contributed by atoms with Crippen LogP contribution in [0, 0.1) is 11.8 Å². The maximum atomic E-state index is 13.7. The molecule has 0 unspecified atom stereocenters. The zero-order chi connectivity index (χ0) is 27.9. The monoisotopic (exact) mass is 540 g/mol. The normalized spacial score (nSPS) is 21.7. The van der Waals surface area contributed by atoms with Gasteiger partial charge in [-0.15, -0.1) is 0 Å². The van der Waals surface area contributed by atoms with Crippen molar-refractivity contribution in [3.63, 3.8) is 0 Å². The predicted molar refractivity (Wildman–Crippen MR) is 150 cm³/mol. The van der Waals surface area contributed by atoms with Gasteiger partial charge in [0.15, 0.2) is 0 Å². The fourth-order valence-electron chi connectivity index (χ4n) is 6.11. The molecule has 3 fully saturated rings. The van der Waals surface area contributed by atoms with Crippen LogP contribution in [0.5, 0.6) is 0 Å². The number of piperazine rings is 1. The quantitative estimate of drug-likeness (QED) is 0.457. The summed E-state index contributed by atoms with van der Waals surface area (Å²) in [7, 11) is 3.87. The molecule has 214 valence electrons. The Morgan fingerprint density at radius 2 is 1.67 bits per heavy atom. The van der Waals surface area contributed by atoms with Gasteiger partial charge in [0.05, 0.1) is 6.54 Å². The molecule has 1 aromatic carbocycles. The molecule has 1 aliphatic carbocycles. The van der Waals surface area contributed by atoms with Gasteiger partial charge in [0, 0.05) is 44.4 Å². The highest BCUT2D eigenvalue weighted by Crippen LogP contribution is 2.28. The maximum absolute atomic E-state index is 13.7. The first-order valence-electron chi connectivity index (χ1n) is 14.4. The van der Waals surface area contributed by atoms with E-state index in [9.17, 15) is 19.2 Å². The average molecular weight is 541 g/mol. The van der Waals surface area contributed by atoms with Gasteiger partial charge in [-0.1, -0.05) is 32.1 Å². The minimum atomic E-state index is -0.876. The molecular formula is C29H44N6O4. The Hall–Kier alpha value is -3.14. The molecule has 2 atom stereocenters. The number of amides is 4. The molecule has 10 nitrogen and oxygen atoms in total. The van der Waals surface area contributed by atoms with Gasteiger partial charge in [0.1, 0.15) is 12.1 Å². The minimum Gasteiger partial charge on any atom is -0.378 e. The number of carbonyl (C=O) groups is 4. The van der Waals surface area contributed by atoms with Crippen molar-refractivity contribution >= 4 is 29.3 Å². The largest absolute Gasteiger partial charge is 0.378 e. The summed E-state index contributed by atoms with van der Waals surface area (Å²) in [6.07, 6.45) is 7.44. The summed E-state index contributed by atoms with van der Waals surface area (Å²) in [6, 6.07) is 5.67. The Balaban J connectivity index is 1.51. The van der Waals surface area contributed by atoms with Gasteiger partial charge in [-0.2, -0.15) is 0 Å². The highest BCUT2D eigenvalue weighted by Gasteiger charge is 2.40. The molecule has 4 amide bonds. The van der Waals surface area contributed by atoms with E-state index in [0.717, 1.165) is 57.3 Å². The van der Waals surface area contributed by atoms with E-state index in [1.165, 1.54) is 6.42 Å². The molecule has 1 saturated carbocycles. The van der Waals surface area contributed by atoms with E-state index in [-0.39, 0.29) is 30.8 Å². The Labute approximate surface area is 231 Å². The smallest absolute Gasteiger partial charge is 0.254 e. The van der Waals surface area contributed by atoms with Gasteiger partial charge >= 0.3 is 0 Å². The molecule has 0 radical (unpaired) electrons. The van der Waals surface area contributed by atoms with E-state index in [0.29, 0.717) is 24.4 Å². The van der Waals surface area contributed by atoms with Crippen LogP contribution in [0.2, 0.25) is 0 Å². The van der Waals surface area contributed by atoms with E-state index in [1.54, 1.807) is 21.9 Å². The van der Waals surface area contributed by atoms with Crippen molar-refractivity contribution in [3.05, 3.63) is 29.8 Å². The summed E-state index contributed by atoms with van der Waals surface area (Å²) in [6.45, 7) is 2.22. The highest BCUT2D eigenvalue weighted by molar-refractivity contribution is 5.97. The van der Waals surface area contributed by atoms with E-state index in [4.69, 9.17) is 5.73 Å². The summed E-state index contributed by atoms with van der Waals surface area (Å²) in [5.41, 5.74) is 7.23. The second-order valence-electron chi connectivity index (χ2n) is 11.5. The summed E-state index contributed by atoms with van der Waals surface area (Å²) in [5.74, 6) is -1.02. The molecule has 0 aromatic heterocycles. The van der Waals surface area contributed by atoms with E-state index >= 15 is 0 Å². The number of hydrogen-bond acceptors (Lipinski definition) is 6. The van der Waals surface area contributed by atoms with E-state index in [2.05, 4.69) is 10.6 Å². The first-order chi connectivity index (χ1) is 18.7. The number of piperidine rings is 1. The Morgan fingerprint density at radius 3 is 2.28 bits per heavy atom. The lowest BCUT2D eigenvalue weighted by Crippen LogP contribution is -2.64. The van der Waals surface area contributed by atoms with Crippen LogP contribution in [0.4, 0.5) is 5.69 Å².